The van der Waals surface area contributed by atoms with E-state index in [4.69, 9.17) is 18.3 Å². The maximum absolute atomic E-state index is 5.26. The molecule has 0 aliphatic heterocycles. The molecule has 0 aromatic rings. The average molecular weight is 240 g/mol. The Morgan fingerprint density at radius 1 is 0.800 bits per heavy atom. The molecule has 0 rings (SSSR count). The van der Waals surface area contributed by atoms with Gasteiger partial charge in [-0.2, -0.15) is 0 Å². The van der Waals surface area contributed by atoms with Gasteiger partial charge in [0.05, 0.1) is 13.2 Å². The van der Waals surface area contributed by atoms with E-state index < -0.39 is 9.28 Å². The Morgan fingerprint density at radius 2 is 1.33 bits per heavy atom. The van der Waals surface area contributed by atoms with Crippen LogP contribution in [0.4, 0.5) is 0 Å². The summed E-state index contributed by atoms with van der Waals surface area (Å²) < 4.78 is 24.6. The molecule has 0 aromatic carbocycles. The summed E-state index contributed by atoms with van der Waals surface area (Å²) in [7, 11) is 6.85. The summed E-state index contributed by atoms with van der Waals surface area (Å²) in [4.78, 5) is 0. The maximum atomic E-state index is 5.26. The number of hydrogen-bond donors (Lipinski definition) is 0. The molecule has 0 radical (unpaired) electrons. The lowest BCUT2D eigenvalue weighted by molar-refractivity contribution is 0.0748. The average Bonchev–Trinajstić information content (AvgIpc) is 2.25. The molecule has 0 aromatic heterocycles. The zero-order chi connectivity index (χ0) is 11.9. The fourth-order valence-corrected chi connectivity index (χ4v) is 1.78. The van der Waals surface area contributed by atoms with Gasteiger partial charge in [0.15, 0.2) is 0 Å². The van der Waals surface area contributed by atoms with Crippen LogP contribution in [-0.4, -0.2) is 64.7 Å². The largest absolute Gasteiger partial charge is 0.400 e. The van der Waals surface area contributed by atoms with Crippen LogP contribution in [0.2, 0.25) is 6.04 Å². The SMILES string of the molecule is COC.COCCOCC[SiH](OC)OC. The van der Waals surface area contributed by atoms with Crippen LogP contribution in [0.1, 0.15) is 0 Å². The summed E-state index contributed by atoms with van der Waals surface area (Å²) in [6, 6.07) is 0.886. The van der Waals surface area contributed by atoms with Gasteiger partial charge in [-0.25, -0.2) is 0 Å². The van der Waals surface area contributed by atoms with Crippen molar-refractivity contribution in [3.8, 4) is 0 Å². The van der Waals surface area contributed by atoms with E-state index in [1.54, 1.807) is 35.5 Å². The first-order valence-corrected chi connectivity index (χ1v) is 6.55. The zero-order valence-corrected chi connectivity index (χ0v) is 11.6. The normalized spacial score (nSPS) is 10.0. The van der Waals surface area contributed by atoms with Gasteiger partial charge in [-0.05, 0) is 0 Å². The van der Waals surface area contributed by atoms with E-state index in [0.717, 1.165) is 6.04 Å². The molecule has 0 heterocycles. The van der Waals surface area contributed by atoms with Crippen LogP contribution in [0.15, 0.2) is 0 Å². The maximum Gasteiger partial charge on any atom is 0.323 e. The minimum Gasteiger partial charge on any atom is -0.400 e. The summed E-state index contributed by atoms with van der Waals surface area (Å²) in [5.41, 5.74) is 0. The Bertz CT molecular complexity index is 101. The molecule has 0 saturated heterocycles. The third-order valence-corrected chi connectivity index (χ3v) is 3.21. The molecule has 0 aliphatic rings. The van der Waals surface area contributed by atoms with Crippen LogP contribution < -0.4 is 0 Å². The van der Waals surface area contributed by atoms with E-state index in [9.17, 15) is 0 Å². The van der Waals surface area contributed by atoms with Crippen molar-refractivity contribution >= 4 is 9.28 Å². The van der Waals surface area contributed by atoms with Gasteiger partial charge < -0.3 is 23.1 Å². The molecule has 0 spiro atoms. The van der Waals surface area contributed by atoms with Crippen molar-refractivity contribution in [1.29, 1.82) is 0 Å². The molecule has 94 valence electrons. The van der Waals surface area contributed by atoms with Crippen LogP contribution in [-0.2, 0) is 23.1 Å². The second kappa shape index (κ2) is 16.4. The summed E-state index contributed by atoms with van der Waals surface area (Å²) in [6.45, 7) is 1.99. The number of methoxy groups -OCH3 is 2. The van der Waals surface area contributed by atoms with Crippen LogP contribution in [0.3, 0.4) is 0 Å². The van der Waals surface area contributed by atoms with E-state index >= 15 is 0 Å². The first kappa shape index (κ1) is 17.4. The van der Waals surface area contributed by atoms with Crippen LogP contribution in [0, 0.1) is 0 Å². The van der Waals surface area contributed by atoms with Crippen molar-refractivity contribution in [3.63, 3.8) is 0 Å². The smallest absolute Gasteiger partial charge is 0.323 e. The van der Waals surface area contributed by atoms with Gasteiger partial charge >= 0.3 is 9.28 Å². The molecule has 6 heteroatoms. The molecule has 0 aliphatic carbocycles. The second-order valence-corrected chi connectivity index (χ2v) is 5.08. The van der Waals surface area contributed by atoms with E-state index in [2.05, 4.69) is 4.74 Å². The van der Waals surface area contributed by atoms with E-state index in [1.165, 1.54) is 0 Å². The Hall–Kier alpha value is 0.0169. The number of rotatable bonds is 8. The lowest BCUT2D eigenvalue weighted by Gasteiger charge is -2.10. The molecule has 0 saturated carbocycles. The molecule has 5 nitrogen and oxygen atoms in total. The Kier molecular flexibility index (Phi) is 19.1. The molecule has 15 heavy (non-hydrogen) atoms. The van der Waals surface area contributed by atoms with Crippen LogP contribution in [0.25, 0.3) is 0 Å². The van der Waals surface area contributed by atoms with Gasteiger partial charge in [0.25, 0.3) is 0 Å². The summed E-state index contributed by atoms with van der Waals surface area (Å²) in [6.07, 6.45) is 0. The Labute approximate surface area is 94.5 Å². The predicted molar refractivity (Wildman–Crippen MR) is 61.6 cm³/mol. The lowest BCUT2D eigenvalue weighted by Crippen LogP contribution is -2.21. The highest BCUT2D eigenvalue weighted by Gasteiger charge is 2.07. The fourth-order valence-electron chi connectivity index (χ4n) is 0.756. The molecule has 0 bridgehead atoms. The van der Waals surface area contributed by atoms with Crippen molar-refractivity contribution in [2.45, 2.75) is 6.04 Å². The van der Waals surface area contributed by atoms with Crippen molar-refractivity contribution in [3.05, 3.63) is 0 Å². The number of ether oxygens (including phenoxy) is 3. The van der Waals surface area contributed by atoms with Crippen LogP contribution in [0.5, 0.6) is 0 Å². The first-order valence-electron chi connectivity index (χ1n) is 4.79. The highest BCUT2D eigenvalue weighted by atomic mass is 28.3. The quantitative estimate of drug-likeness (QED) is 0.455. The highest BCUT2D eigenvalue weighted by Crippen LogP contribution is 1.94. The fraction of sp³-hybridized carbons (Fsp3) is 1.00. The van der Waals surface area contributed by atoms with Gasteiger partial charge in [0, 0.05) is 48.2 Å². The second-order valence-electron chi connectivity index (χ2n) is 2.70. The van der Waals surface area contributed by atoms with Gasteiger partial charge in [-0.15, -0.1) is 0 Å². The molecule has 0 atom stereocenters. The summed E-state index contributed by atoms with van der Waals surface area (Å²) >= 11 is 0. The minimum atomic E-state index is -1.41. The minimum absolute atomic E-state index is 0.644. The molecule has 0 amide bonds. The van der Waals surface area contributed by atoms with E-state index in [-0.39, 0.29) is 0 Å². The third-order valence-electron chi connectivity index (χ3n) is 1.46. The van der Waals surface area contributed by atoms with Gasteiger partial charge in [-0.3, -0.25) is 0 Å². The highest BCUT2D eigenvalue weighted by molar-refractivity contribution is 6.44. The predicted octanol–water partition coefficient (Wildman–Crippen LogP) is 0.425. The first-order chi connectivity index (χ1) is 7.26. The monoisotopic (exact) mass is 240 g/mol. The van der Waals surface area contributed by atoms with Gasteiger partial charge in [-0.1, -0.05) is 0 Å². The van der Waals surface area contributed by atoms with Crippen molar-refractivity contribution in [2.24, 2.45) is 0 Å². The van der Waals surface area contributed by atoms with Crippen molar-refractivity contribution < 1.29 is 23.1 Å². The van der Waals surface area contributed by atoms with Crippen LogP contribution >= 0.6 is 0 Å². The van der Waals surface area contributed by atoms with Gasteiger partial charge in [0.1, 0.15) is 0 Å². The van der Waals surface area contributed by atoms with Gasteiger partial charge in [0.2, 0.25) is 0 Å². The summed E-state index contributed by atoms with van der Waals surface area (Å²) in [5.74, 6) is 0. The molecule has 0 N–H and O–H groups in total. The molecular weight excluding hydrogens is 216 g/mol. The lowest BCUT2D eigenvalue weighted by atomic mass is 10.7. The van der Waals surface area contributed by atoms with Crippen molar-refractivity contribution in [2.75, 3.05) is 55.4 Å². The summed E-state index contributed by atoms with van der Waals surface area (Å²) in [5, 5.41) is 0. The standard InChI is InChI=1S/C7H18O4Si.C2H6O/c1-8-4-5-11-6-7-12(9-2)10-3;1-3-2/h12H,4-7H2,1-3H3;1-2H3. The van der Waals surface area contributed by atoms with E-state index in [0.29, 0.717) is 19.8 Å². The van der Waals surface area contributed by atoms with Crippen molar-refractivity contribution in [1.82, 2.24) is 0 Å². The molecular formula is C9H24O5Si. The zero-order valence-electron chi connectivity index (χ0n) is 10.4. The Morgan fingerprint density at radius 3 is 1.73 bits per heavy atom. The molecule has 0 fully saturated rings. The number of hydrogen-bond acceptors (Lipinski definition) is 5. The third kappa shape index (κ3) is 16.7. The Balaban J connectivity index is 0. The van der Waals surface area contributed by atoms with E-state index in [1.807, 2.05) is 0 Å². The topological polar surface area (TPSA) is 46.2 Å². The molecule has 0 unspecified atom stereocenters.